The number of benzene rings is 2. The fraction of sp³-hybridized carbons (Fsp3) is 0.500. The Bertz CT molecular complexity index is 1640. The number of carbonyl (C=O) groups is 3. The van der Waals surface area contributed by atoms with Crippen molar-refractivity contribution in [1.82, 2.24) is 20.4 Å². The molecule has 2 aromatic carbocycles. The van der Waals surface area contributed by atoms with Gasteiger partial charge in [-0.25, -0.2) is 9.59 Å². The van der Waals surface area contributed by atoms with Crippen LogP contribution >= 0.6 is 0 Å². The van der Waals surface area contributed by atoms with Crippen molar-refractivity contribution in [2.45, 2.75) is 115 Å². The highest BCUT2D eigenvalue weighted by atomic mass is 16.6. The third-order valence-corrected chi connectivity index (χ3v) is 9.42. The van der Waals surface area contributed by atoms with Crippen LogP contribution in [0.5, 0.6) is 0 Å². The zero-order valence-electron chi connectivity index (χ0n) is 29.3. The van der Waals surface area contributed by atoms with Crippen LogP contribution in [0.3, 0.4) is 0 Å². The molecule has 2 fully saturated rings. The number of nitrogens with one attached hydrogen (secondary N) is 2. The molecule has 5 rings (SSSR count). The monoisotopic (exact) mass is 671 g/mol. The molecule has 0 saturated heterocycles. The van der Waals surface area contributed by atoms with Crippen LogP contribution in [0.15, 0.2) is 60.7 Å². The number of ether oxygens (including phenoxy) is 1. The zero-order valence-corrected chi connectivity index (χ0v) is 29.3. The zero-order chi connectivity index (χ0) is 35.6. The van der Waals surface area contributed by atoms with E-state index in [0.717, 1.165) is 47.9 Å². The fourth-order valence-corrected chi connectivity index (χ4v) is 7.44. The van der Waals surface area contributed by atoms with Crippen LogP contribution in [-0.4, -0.2) is 66.7 Å². The molecule has 0 atom stereocenters. The van der Waals surface area contributed by atoms with Crippen molar-refractivity contribution in [3.63, 3.8) is 0 Å². The van der Waals surface area contributed by atoms with Gasteiger partial charge >= 0.3 is 12.2 Å². The molecule has 3 aromatic rings. The van der Waals surface area contributed by atoms with Crippen molar-refractivity contribution in [2.24, 2.45) is 5.92 Å². The third-order valence-electron chi connectivity index (χ3n) is 9.42. The van der Waals surface area contributed by atoms with Crippen molar-refractivity contribution < 1.29 is 29.3 Å². The lowest BCUT2D eigenvalue weighted by Gasteiger charge is -2.52. The number of carboxylic acid groups (broad SMARTS) is 1. The molecular weight excluding hydrogens is 622 g/mol. The molecule has 2 aliphatic carbocycles. The molecule has 2 saturated carbocycles. The van der Waals surface area contributed by atoms with E-state index in [1.807, 2.05) is 95.3 Å². The van der Waals surface area contributed by atoms with Crippen LogP contribution < -0.4 is 10.6 Å². The van der Waals surface area contributed by atoms with Gasteiger partial charge in [-0.1, -0.05) is 54.6 Å². The number of aliphatic hydroxyl groups is 1. The summed E-state index contributed by atoms with van der Waals surface area (Å²) in [5, 5.41) is 35.2. The molecule has 2 aliphatic rings. The number of hydrogen-bond donors (Lipinski definition) is 4. The van der Waals surface area contributed by atoms with Crippen LogP contribution in [0.4, 0.5) is 15.4 Å². The minimum absolute atomic E-state index is 0.0203. The van der Waals surface area contributed by atoms with Crippen molar-refractivity contribution in [3.8, 4) is 22.4 Å². The molecule has 0 spiro atoms. The Morgan fingerprint density at radius 1 is 0.959 bits per heavy atom. The second kappa shape index (κ2) is 14.2. The summed E-state index contributed by atoms with van der Waals surface area (Å²) in [5.74, 6) is 0.379. The summed E-state index contributed by atoms with van der Waals surface area (Å²) in [6.45, 7) is 11.0. The van der Waals surface area contributed by atoms with Gasteiger partial charge in [-0.3, -0.25) is 4.79 Å². The SMILES string of the molecule is CC(C)N(C(=O)O)C1CCC(CC(=O)Nc2cc(-c3ccccc3)c(-c3ccc(C4(NC(=O)OC(C)(C)C)CC(C)(O)C4)cc3)nn2)CC1. The van der Waals surface area contributed by atoms with Gasteiger partial charge in [-0.15, -0.1) is 10.2 Å². The minimum atomic E-state index is -0.908. The molecule has 49 heavy (non-hydrogen) atoms. The maximum atomic E-state index is 13.1. The molecule has 11 heteroatoms. The van der Waals surface area contributed by atoms with E-state index in [1.54, 1.807) is 6.92 Å². The number of aromatic nitrogens is 2. The topological polar surface area (TPSA) is 154 Å². The molecule has 1 aromatic heterocycles. The van der Waals surface area contributed by atoms with Gasteiger partial charge in [0.05, 0.1) is 11.1 Å². The number of anilines is 1. The van der Waals surface area contributed by atoms with Gasteiger partial charge in [-0.05, 0) is 90.3 Å². The standard InChI is InChI=1S/C38H49N5O6/c1-24(2)43(35(46)47)29-18-12-25(13-19-29)20-32(44)39-31-21-30(26-10-8-7-9-11-26)33(42-41-31)27-14-16-28(17-15-27)38(22-37(6,48)23-38)40-34(45)49-36(3,4)5/h7-11,14-17,21,24-25,29,48H,12-13,18-20,22-23H2,1-6H3,(H,40,45)(H,46,47)(H,39,41,44). The quantitative estimate of drug-likeness (QED) is 0.184. The number of hydrogen-bond acceptors (Lipinski definition) is 7. The summed E-state index contributed by atoms with van der Waals surface area (Å²) < 4.78 is 5.52. The molecule has 1 heterocycles. The van der Waals surface area contributed by atoms with E-state index in [2.05, 4.69) is 20.8 Å². The summed E-state index contributed by atoms with van der Waals surface area (Å²) in [6, 6.07) is 19.2. The van der Waals surface area contributed by atoms with E-state index in [-0.39, 0.29) is 23.9 Å². The van der Waals surface area contributed by atoms with E-state index in [0.29, 0.717) is 30.8 Å². The Balaban J connectivity index is 1.32. The van der Waals surface area contributed by atoms with Crippen molar-refractivity contribution in [2.75, 3.05) is 5.32 Å². The fourth-order valence-electron chi connectivity index (χ4n) is 7.44. The summed E-state index contributed by atoms with van der Waals surface area (Å²) in [4.78, 5) is 39.2. The highest BCUT2D eigenvalue weighted by Gasteiger charge is 2.53. The first-order valence-corrected chi connectivity index (χ1v) is 17.1. The van der Waals surface area contributed by atoms with Crippen molar-refractivity contribution in [1.29, 1.82) is 0 Å². The van der Waals surface area contributed by atoms with Crippen molar-refractivity contribution >= 4 is 23.9 Å². The Morgan fingerprint density at radius 3 is 2.14 bits per heavy atom. The van der Waals surface area contributed by atoms with Crippen LogP contribution in [0.2, 0.25) is 0 Å². The second-order valence-corrected chi connectivity index (χ2v) is 15.2. The van der Waals surface area contributed by atoms with Gasteiger partial charge in [0, 0.05) is 42.5 Å². The number of nitrogens with zero attached hydrogens (tertiary/aromatic N) is 3. The molecule has 0 aliphatic heterocycles. The summed E-state index contributed by atoms with van der Waals surface area (Å²) in [5.41, 5.74) is 1.67. The molecule has 4 N–H and O–H groups in total. The summed E-state index contributed by atoms with van der Waals surface area (Å²) >= 11 is 0. The Labute approximate surface area is 288 Å². The van der Waals surface area contributed by atoms with Gasteiger partial charge in [0.15, 0.2) is 5.82 Å². The maximum absolute atomic E-state index is 13.1. The summed E-state index contributed by atoms with van der Waals surface area (Å²) in [7, 11) is 0. The Kier molecular flexibility index (Phi) is 10.3. The average Bonchev–Trinajstić information content (AvgIpc) is 3.00. The molecular formula is C38H49N5O6. The second-order valence-electron chi connectivity index (χ2n) is 15.2. The highest BCUT2D eigenvalue weighted by Crippen LogP contribution is 2.48. The van der Waals surface area contributed by atoms with Gasteiger partial charge < -0.3 is 30.5 Å². The predicted molar refractivity (Wildman–Crippen MR) is 188 cm³/mol. The third kappa shape index (κ3) is 8.75. The molecule has 0 radical (unpaired) electrons. The molecule has 0 bridgehead atoms. The van der Waals surface area contributed by atoms with Crippen LogP contribution in [-0.2, 0) is 15.1 Å². The molecule has 11 nitrogen and oxygen atoms in total. The van der Waals surface area contributed by atoms with Crippen molar-refractivity contribution in [3.05, 3.63) is 66.2 Å². The average molecular weight is 672 g/mol. The number of amides is 3. The highest BCUT2D eigenvalue weighted by molar-refractivity contribution is 5.91. The normalized spacial score (nSPS) is 23.7. The van der Waals surface area contributed by atoms with Crippen LogP contribution in [0.1, 0.15) is 92.1 Å². The molecule has 0 unspecified atom stereocenters. The van der Waals surface area contributed by atoms with Gasteiger partial charge in [0.1, 0.15) is 11.3 Å². The first-order valence-electron chi connectivity index (χ1n) is 17.1. The van der Waals surface area contributed by atoms with E-state index >= 15 is 0 Å². The van der Waals surface area contributed by atoms with E-state index < -0.39 is 28.9 Å². The lowest BCUT2D eigenvalue weighted by atomic mass is 9.62. The first kappa shape index (κ1) is 35.8. The van der Waals surface area contributed by atoms with E-state index in [1.165, 1.54) is 4.90 Å². The van der Waals surface area contributed by atoms with Gasteiger partial charge in [0.25, 0.3) is 0 Å². The first-order chi connectivity index (χ1) is 23.0. The minimum Gasteiger partial charge on any atom is -0.465 e. The molecule has 3 amide bonds. The Morgan fingerprint density at radius 2 is 1.59 bits per heavy atom. The number of alkyl carbamates (subject to hydrolysis) is 1. The summed E-state index contributed by atoms with van der Waals surface area (Å²) in [6.07, 6.45) is 2.66. The number of rotatable bonds is 9. The van der Waals surface area contributed by atoms with Gasteiger partial charge in [-0.2, -0.15) is 0 Å². The van der Waals surface area contributed by atoms with Crippen LogP contribution in [0.25, 0.3) is 22.4 Å². The largest absolute Gasteiger partial charge is 0.465 e. The van der Waals surface area contributed by atoms with Gasteiger partial charge in [0.2, 0.25) is 5.91 Å². The predicted octanol–water partition coefficient (Wildman–Crippen LogP) is 7.35. The maximum Gasteiger partial charge on any atom is 0.408 e. The lowest BCUT2D eigenvalue weighted by Crippen LogP contribution is -2.62. The molecule has 262 valence electrons. The lowest BCUT2D eigenvalue weighted by molar-refractivity contribution is -0.117. The van der Waals surface area contributed by atoms with E-state index in [4.69, 9.17) is 4.74 Å². The van der Waals surface area contributed by atoms with E-state index in [9.17, 15) is 24.6 Å². The Hall–Kier alpha value is -4.51. The smallest absolute Gasteiger partial charge is 0.408 e. The number of carbonyl (C=O) groups excluding carboxylic acids is 2. The van der Waals surface area contributed by atoms with Crippen LogP contribution in [0, 0.1) is 5.92 Å².